The first-order valence-corrected chi connectivity index (χ1v) is 7.69. The van der Waals surface area contributed by atoms with Gasteiger partial charge in [-0.2, -0.15) is 0 Å². The number of nitrogens with zero attached hydrogens (tertiary/aromatic N) is 4. The van der Waals surface area contributed by atoms with Crippen molar-refractivity contribution in [2.24, 2.45) is 0 Å². The molecule has 1 N–H and O–H groups in total. The Morgan fingerprint density at radius 3 is 3.00 bits per heavy atom. The minimum absolute atomic E-state index is 0.653. The van der Waals surface area contributed by atoms with Gasteiger partial charge in [-0.1, -0.05) is 0 Å². The molecule has 112 valence electrons. The second-order valence-electron chi connectivity index (χ2n) is 4.93. The van der Waals surface area contributed by atoms with Gasteiger partial charge in [0, 0.05) is 33.3 Å². The van der Waals surface area contributed by atoms with Crippen molar-refractivity contribution < 1.29 is 4.74 Å². The van der Waals surface area contributed by atoms with E-state index < -0.39 is 0 Å². The van der Waals surface area contributed by atoms with Gasteiger partial charge in [-0.15, -0.1) is 0 Å². The van der Waals surface area contributed by atoms with Crippen LogP contribution in [0.2, 0.25) is 0 Å². The fourth-order valence-electron chi connectivity index (χ4n) is 2.23. The Bertz CT molecular complexity index is 431. The van der Waals surface area contributed by atoms with Crippen LogP contribution < -0.4 is 10.2 Å². The quantitative estimate of drug-likeness (QED) is 0.816. The van der Waals surface area contributed by atoms with Crippen molar-refractivity contribution in [2.75, 3.05) is 63.7 Å². The molecule has 0 radical (unpaired) electrons. The van der Waals surface area contributed by atoms with Crippen LogP contribution in [0, 0.1) is 0 Å². The van der Waals surface area contributed by atoms with Gasteiger partial charge in [-0.3, -0.25) is 0 Å². The first-order valence-electron chi connectivity index (χ1n) is 6.89. The lowest BCUT2D eigenvalue weighted by molar-refractivity contribution is 0.210. The Labute approximate surface area is 128 Å². The smallest absolute Gasteiger partial charge is 0.172 e. The Morgan fingerprint density at radius 2 is 2.20 bits per heavy atom. The van der Waals surface area contributed by atoms with E-state index >= 15 is 0 Å². The molecule has 0 aromatic carbocycles. The largest absolute Gasteiger partial charge is 0.383 e. The Balaban J connectivity index is 2.13. The van der Waals surface area contributed by atoms with Crippen LogP contribution in [0.4, 0.5) is 11.6 Å². The second-order valence-corrected chi connectivity index (χ2v) is 5.74. The average molecular weight is 344 g/mol. The van der Waals surface area contributed by atoms with Gasteiger partial charge < -0.3 is 19.9 Å². The lowest BCUT2D eigenvalue weighted by Crippen LogP contribution is -2.30. The molecule has 1 fully saturated rings. The highest BCUT2D eigenvalue weighted by Crippen LogP contribution is 2.24. The molecular weight excluding hydrogens is 322 g/mol. The van der Waals surface area contributed by atoms with E-state index in [9.17, 15) is 0 Å². The normalized spacial score (nSPS) is 17.1. The molecule has 1 aliphatic rings. The third-order valence-electron chi connectivity index (χ3n) is 3.34. The predicted molar refractivity (Wildman–Crippen MR) is 84.4 cm³/mol. The standard InChI is InChI=1S/C13H22BrN5O/c1-18-5-3-6-19(8-7-18)13-12(15-4-9-20-2)16-10-11(14)17-13/h10H,3-9H2,1-2H3,(H,15,16). The average Bonchev–Trinajstić information content (AvgIpc) is 2.65. The molecule has 0 aliphatic carbocycles. The lowest BCUT2D eigenvalue weighted by Gasteiger charge is -2.24. The summed E-state index contributed by atoms with van der Waals surface area (Å²) in [5, 5.41) is 3.30. The highest BCUT2D eigenvalue weighted by molar-refractivity contribution is 9.10. The third kappa shape index (κ3) is 4.29. The van der Waals surface area contributed by atoms with Crippen LogP contribution in [0.15, 0.2) is 10.8 Å². The maximum absolute atomic E-state index is 5.07. The van der Waals surface area contributed by atoms with Crippen molar-refractivity contribution in [3.63, 3.8) is 0 Å². The molecule has 0 spiro atoms. The van der Waals surface area contributed by atoms with Crippen molar-refractivity contribution in [1.82, 2.24) is 14.9 Å². The highest BCUT2D eigenvalue weighted by atomic mass is 79.9. The van der Waals surface area contributed by atoms with Crippen LogP contribution in [-0.4, -0.2) is 68.4 Å². The van der Waals surface area contributed by atoms with Crippen LogP contribution in [0.1, 0.15) is 6.42 Å². The summed E-state index contributed by atoms with van der Waals surface area (Å²) >= 11 is 3.41. The molecule has 0 atom stereocenters. The molecule has 6 nitrogen and oxygen atoms in total. The molecule has 0 unspecified atom stereocenters. The van der Waals surface area contributed by atoms with E-state index in [1.807, 2.05) is 0 Å². The summed E-state index contributed by atoms with van der Waals surface area (Å²) in [6.45, 7) is 5.54. The number of anilines is 2. The number of ether oxygens (including phenoxy) is 1. The summed E-state index contributed by atoms with van der Waals surface area (Å²) in [6.07, 6.45) is 2.87. The number of nitrogens with one attached hydrogen (secondary N) is 1. The maximum Gasteiger partial charge on any atom is 0.172 e. The molecule has 1 aliphatic heterocycles. The van der Waals surface area contributed by atoms with Gasteiger partial charge in [0.15, 0.2) is 11.6 Å². The van der Waals surface area contributed by atoms with E-state index in [2.05, 4.69) is 48.1 Å². The third-order valence-corrected chi connectivity index (χ3v) is 3.72. The van der Waals surface area contributed by atoms with Gasteiger partial charge >= 0.3 is 0 Å². The first kappa shape index (κ1) is 15.5. The number of likely N-dealkylation sites (N-methyl/N-ethyl adjacent to an activating group) is 1. The molecule has 1 saturated heterocycles. The van der Waals surface area contributed by atoms with Crippen LogP contribution >= 0.6 is 15.9 Å². The topological polar surface area (TPSA) is 53.5 Å². The van der Waals surface area contributed by atoms with Gasteiger partial charge in [-0.25, -0.2) is 9.97 Å². The molecule has 0 bridgehead atoms. The molecule has 7 heteroatoms. The van der Waals surface area contributed by atoms with E-state index in [1.165, 1.54) is 0 Å². The number of halogens is 1. The Morgan fingerprint density at radius 1 is 1.35 bits per heavy atom. The number of hydrogen-bond donors (Lipinski definition) is 1. The molecule has 0 saturated carbocycles. The SMILES string of the molecule is COCCNc1ncc(Br)nc1N1CCCN(C)CC1. The summed E-state index contributed by atoms with van der Waals surface area (Å²) in [5.41, 5.74) is 0. The van der Waals surface area contributed by atoms with E-state index in [-0.39, 0.29) is 0 Å². The van der Waals surface area contributed by atoms with Crippen LogP contribution in [0.3, 0.4) is 0 Å². The summed E-state index contributed by atoms with van der Waals surface area (Å²) < 4.78 is 5.83. The van der Waals surface area contributed by atoms with Crippen LogP contribution in [-0.2, 0) is 4.74 Å². The van der Waals surface area contributed by atoms with Crippen molar-refractivity contribution in [1.29, 1.82) is 0 Å². The molecule has 0 amide bonds. The fourth-order valence-corrected chi connectivity index (χ4v) is 2.50. The maximum atomic E-state index is 5.07. The van der Waals surface area contributed by atoms with Crippen LogP contribution in [0.25, 0.3) is 0 Å². The fraction of sp³-hybridized carbons (Fsp3) is 0.692. The predicted octanol–water partition coefficient (Wildman–Crippen LogP) is 1.44. The molecule has 1 aromatic heterocycles. The minimum atomic E-state index is 0.653. The van der Waals surface area contributed by atoms with Gasteiger partial charge in [-0.05, 0) is 35.9 Å². The highest BCUT2D eigenvalue weighted by Gasteiger charge is 2.18. The number of hydrogen-bond acceptors (Lipinski definition) is 6. The summed E-state index contributed by atoms with van der Waals surface area (Å²) in [4.78, 5) is 13.7. The van der Waals surface area contributed by atoms with Crippen molar-refractivity contribution in [2.45, 2.75) is 6.42 Å². The Hall–Kier alpha value is -0.920. The van der Waals surface area contributed by atoms with Crippen molar-refractivity contribution >= 4 is 27.6 Å². The number of aromatic nitrogens is 2. The zero-order chi connectivity index (χ0) is 14.4. The zero-order valence-electron chi connectivity index (χ0n) is 12.1. The van der Waals surface area contributed by atoms with E-state index in [1.54, 1.807) is 13.3 Å². The van der Waals surface area contributed by atoms with Gasteiger partial charge in [0.2, 0.25) is 0 Å². The lowest BCUT2D eigenvalue weighted by atomic mass is 10.3. The minimum Gasteiger partial charge on any atom is -0.383 e. The summed E-state index contributed by atoms with van der Waals surface area (Å²) in [7, 11) is 3.86. The monoisotopic (exact) mass is 343 g/mol. The van der Waals surface area contributed by atoms with E-state index in [0.29, 0.717) is 6.61 Å². The van der Waals surface area contributed by atoms with Crippen molar-refractivity contribution in [3.8, 4) is 0 Å². The summed E-state index contributed by atoms with van der Waals surface area (Å²) in [6, 6.07) is 0. The molecule has 20 heavy (non-hydrogen) atoms. The van der Waals surface area contributed by atoms with E-state index in [0.717, 1.165) is 55.4 Å². The van der Waals surface area contributed by atoms with Gasteiger partial charge in [0.05, 0.1) is 12.8 Å². The molecule has 2 rings (SSSR count). The molecule has 2 heterocycles. The second kappa shape index (κ2) is 7.75. The zero-order valence-corrected chi connectivity index (χ0v) is 13.7. The van der Waals surface area contributed by atoms with Gasteiger partial charge in [0.1, 0.15) is 4.60 Å². The van der Waals surface area contributed by atoms with Crippen LogP contribution in [0.5, 0.6) is 0 Å². The van der Waals surface area contributed by atoms with E-state index in [4.69, 9.17) is 4.74 Å². The van der Waals surface area contributed by atoms with Gasteiger partial charge in [0.25, 0.3) is 0 Å². The molecule has 1 aromatic rings. The molecular formula is C13H22BrN5O. The Kier molecular flexibility index (Phi) is 6.00. The number of methoxy groups -OCH3 is 1. The first-order chi connectivity index (χ1) is 9.70. The summed E-state index contributed by atoms with van der Waals surface area (Å²) in [5.74, 6) is 1.75. The van der Waals surface area contributed by atoms with Crippen molar-refractivity contribution in [3.05, 3.63) is 10.8 Å². The number of rotatable bonds is 5.